The Balaban J connectivity index is 1.40. The molecule has 2 aromatic heterocycles. The summed E-state index contributed by atoms with van der Waals surface area (Å²) in [6.45, 7) is 1.72. The van der Waals surface area contributed by atoms with Crippen molar-refractivity contribution in [2.24, 2.45) is 7.05 Å². The molecule has 0 saturated heterocycles. The van der Waals surface area contributed by atoms with Gasteiger partial charge in [-0.2, -0.15) is 0 Å². The summed E-state index contributed by atoms with van der Waals surface area (Å²) < 4.78 is 2.21. The van der Waals surface area contributed by atoms with Crippen LogP contribution >= 0.6 is 11.6 Å². The van der Waals surface area contributed by atoms with Gasteiger partial charge in [-0.3, -0.25) is 14.9 Å². The van der Waals surface area contributed by atoms with E-state index in [2.05, 4.69) is 64.1 Å². The lowest BCUT2D eigenvalue weighted by Crippen LogP contribution is -2.29. The number of aromatic nitrogens is 2. The van der Waals surface area contributed by atoms with Gasteiger partial charge >= 0.3 is 0 Å². The zero-order valence-electron chi connectivity index (χ0n) is 19.7. The van der Waals surface area contributed by atoms with Crippen molar-refractivity contribution < 1.29 is 10.0 Å². The van der Waals surface area contributed by atoms with Crippen molar-refractivity contribution in [3.8, 4) is 0 Å². The molecule has 0 radical (unpaired) electrons. The van der Waals surface area contributed by atoms with Crippen LogP contribution in [-0.4, -0.2) is 32.1 Å². The van der Waals surface area contributed by atoms with E-state index in [-0.39, 0.29) is 0 Å². The van der Waals surface area contributed by atoms with E-state index in [9.17, 15) is 4.79 Å². The van der Waals surface area contributed by atoms with Crippen LogP contribution in [0.4, 0.5) is 0 Å². The van der Waals surface area contributed by atoms with Gasteiger partial charge in [0.1, 0.15) is 0 Å². The molecule has 4 aromatic rings. The van der Waals surface area contributed by atoms with Crippen molar-refractivity contribution in [1.29, 1.82) is 0 Å². The molecule has 1 aliphatic carbocycles. The Hall–Kier alpha value is -3.32. The minimum Gasteiger partial charge on any atom is -0.363 e. The SMILES string of the molecule is Cn1cc(CCN(Cc2cc(Cl)c[nH]2)C2CCc3cc(C=CC(=O)NO)ccc32)c2ccccc21. The maximum Gasteiger partial charge on any atom is 0.267 e. The number of H-pyrrole nitrogens is 1. The van der Waals surface area contributed by atoms with Crippen molar-refractivity contribution >= 4 is 34.5 Å². The first-order chi connectivity index (χ1) is 17.0. The second-order valence-electron chi connectivity index (χ2n) is 9.17. The second kappa shape index (κ2) is 10.1. The van der Waals surface area contributed by atoms with Crippen LogP contribution in [0, 0.1) is 0 Å². The van der Waals surface area contributed by atoms with Gasteiger partial charge in [0.2, 0.25) is 0 Å². The van der Waals surface area contributed by atoms with Gasteiger partial charge in [0.15, 0.2) is 0 Å². The van der Waals surface area contributed by atoms with Crippen molar-refractivity contribution in [3.05, 3.63) is 100.0 Å². The molecule has 2 heterocycles. The third-order valence-electron chi connectivity index (χ3n) is 6.92. The first-order valence-electron chi connectivity index (χ1n) is 11.9. The molecule has 0 spiro atoms. The van der Waals surface area contributed by atoms with Gasteiger partial charge in [0, 0.05) is 61.2 Å². The van der Waals surface area contributed by atoms with Crippen LogP contribution in [0.3, 0.4) is 0 Å². The minimum absolute atomic E-state index is 0.306. The van der Waals surface area contributed by atoms with Crippen molar-refractivity contribution in [2.45, 2.75) is 31.8 Å². The third-order valence-corrected chi connectivity index (χ3v) is 7.14. The molecule has 0 aliphatic heterocycles. The Bertz CT molecular complexity index is 1390. The van der Waals surface area contributed by atoms with Gasteiger partial charge in [-0.05, 0) is 59.7 Å². The number of halogens is 1. The number of hydrogen-bond donors (Lipinski definition) is 3. The van der Waals surface area contributed by atoms with E-state index < -0.39 is 5.91 Å². The highest BCUT2D eigenvalue weighted by atomic mass is 35.5. The fraction of sp³-hybridized carbons (Fsp3) is 0.250. The molecular formula is C28H29ClN4O2. The molecule has 0 saturated carbocycles. The Morgan fingerprint density at radius 2 is 2.14 bits per heavy atom. The molecule has 35 heavy (non-hydrogen) atoms. The highest BCUT2D eigenvalue weighted by Gasteiger charge is 2.28. The molecule has 6 nitrogen and oxygen atoms in total. The molecule has 1 atom stereocenters. The molecule has 5 rings (SSSR count). The summed E-state index contributed by atoms with van der Waals surface area (Å²) in [5.41, 5.74) is 8.95. The lowest BCUT2D eigenvalue weighted by atomic mass is 10.0. The number of carbonyl (C=O) groups excluding carboxylic acids is 1. The van der Waals surface area contributed by atoms with Crippen LogP contribution in [0.1, 0.15) is 40.4 Å². The minimum atomic E-state index is -0.535. The number of nitrogens with one attached hydrogen (secondary N) is 2. The number of rotatable bonds is 8. The number of para-hydroxylation sites is 1. The summed E-state index contributed by atoms with van der Waals surface area (Å²) >= 11 is 6.20. The van der Waals surface area contributed by atoms with E-state index >= 15 is 0 Å². The highest BCUT2D eigenvalue weighted by Crippen LogP contribution is 2.37. The maximum absolute atomic E-state index is 11.3. The summed E-state index contributed by atoms with van der Waals surface area (Å²) in [5.74, 6) is -0.535. The van der Waals surface area contributed by atoms with Crippen molar-refractivity contribution in [3.63, 3.8) is 0 Å². The standard InChI is InChI=1S/C28H29ClN4O2/c1-32-17-21(24-4-2-3-5-26(24)32)12-13-33(18-23-15-22(29)16-30-23)27-10-8-20-14-19(6-9-25(20)27)7-11-28(34)31-35/h2-7,9,11,14-17,27,30,35H,8,10,12-13,18H2,1H3,(H,31,34). The Labute approximate surface area is 209 Å². The lowest BCUT2D eigenvalue weighted by molar-refractivity contribution is -0.124. The highest BCUT2D eigenvalue weighted by molar-refractivity contribution is 6.30. The number of hydrogen-bond acceptors (Lipinski definition) is 3. The van der Waals surface area contributed by atoms with E-state index in [4.69, 9.17) is 16.8 Å². The monoisotopic (exact) mass is 488 g/mol. The van der Waals surface area contributed by atoms with E-state index in [1.807, 2.05) is 18.3 Å². The second-order valence-corrected chi connectivity index (χ2v) is 9.60. The fourth-order valence-corrected chi connectivity index (χ4v) is 5.45. The molecule has 0 fully saturated rings. The largest absolute Gasteiger partial charge is 0.363 e. The van der Waals surface area contributed by atoms with Crippen LogP contribution in [0.2, 0.25) is 5.02 Å². The Kier molecular flexibility index (Phi) is 6.77. The molecule has 3 N–H and O–H groups in total. The summed E-state index contributed by atoms with van der Waals surface area (Å²) in [7, 11) is 2.11. The number of nitrogens with zero attached hydrogens (tertiary/aromatic N) is 2. The van der Waals surface area contributed by atoms with Crippen LogP contribution in [-0.2, 0) is 31.2 Å². The molecule has 1 aliphatic rings. The molecule has 180 valence electrons. The predicted octanol–water partition coefficient (Wildman–Crippen LogP) is 5.41. The normalized spacial score (nSPS) is 15.4. The molecule has 7 heteroatoms. The molecule has 2 aromatic carbocycles. The predicted molar refractivity (Wildman–Crippen MR) is 139 cm³/mol. The summed E-state index contributed by atoms with van der Waals surface area (Å²) in [6, 6.07) is 17.2. The third kappa shape index (κ3) is 5.05. The quantitative estimate of drug-likeness (QED) is 0.176. The molecular weight excluding hydrogens is 460 g/mol. The van der Waals surface area contributed by atoms with E-state index in [1.165, 1.54) is 33.7 Å². The fourth-order valence-electron chi connectivity index (χ4n) is 5.26. The summed E-state index contributed by atoms with van der Waals surface area (Å²) in [6.07, 6.45) is 10.1. The number of aromatic amines is 1. The number of amides is 1. The zero-order valence-corrected chi connectivity index (χ0v) is 20.4. The van der Waals surface area contributed by atoms with Gasteiger partial charge in [0.25, 0.3) is 5.91 Å². The van der Waals surface area contributed by atoms with Crippen LogP contribution in [0.5, 0.6) is 0 Å². The average molecular weight is 489 g/mol. The van der Waals surface area contributed by atoms with Crippen LogP contribution in [0.15, 0.2) is 67.0 Å². The number of benzene rings is 2. The lowest BCUT2D eigenvalue weighted by Gasteiger charge is -2.29. The molecule has 1 unspecified atom stereocenters. The van der Waals surface area contributed by atoms with Crippen molar-refractivity contribution in [1.82, 2.24) is 19.9 Å². The number of carbonyl (C=O) groups is 1. The van der Waals surface area contributed by atoms with Gasteiger partial charge in [-0.25, -0.2) is 5.48 Å². The van der Waals surface area contributed by atoms with Gasteiger partial charge < -0.3 is 9.55 Å². The molecule has 1 amide bonds. The first-order valence-corrected chi connectivity index (χ1v) is 12.2. The summed E-state index contributed by atoms with van der Waals surface area (Å²) in [4.78, 5) is 17.2. The van der Waals surface area contributed by atoms with Crippen LogP contribution in [0.25, 0.3) is 17.0 Å². The number of aryl methyl sites for hydroxylation is 2. The average Bonchev–Trinajstić information content (AvgIpc) is 3.57. The van der Waals surface area contributed by atoms with Crippen LogP contribution < -0.4 is 5.48 Å². The Morgan fingerprint density at radius 3 is 2.94 bits per heavy atom. The molecule has 0 bridgehead atoms. The van der Waals surface area contributed by atoms with Gasteiger partial charge in [0.05, 0.1) is 5.02 Å². The number of hydroxylamine groups is 1. The van der Waals surface area contributed by atoms with Crippen molar-refractivity contribution in [2.75, 3.05) is 6.54 Å². The zero-order chi connectivity index (χ0) is 24.4. The van der Waals surface area contributed by atoms with Gasteiger partial charge in [-0.15, -0.1) is 0 Å². The van der Waals surface area contributed by atoms with Gasteiger partial charge in [-0.1, -0.05) is 48.0 Å². The van der Waals surface area contributed by atoms with E-state index in [0.29, 0.717) is 6.04 Å². The van der Waals surface area contributed by atoms with E-state index in [1.54, 1.807) is 11.6 Å². The Morgan fingerprint density at radius 1 is 1.29 bits per heavy atom. The maximum atomic E-state index is 11.3. The smallest absolute Gasteiger partial charge is 0.267 e. The number of fused-ring (bicyclic) bond motifs is 2. The first kappa shape index (κ1) is 23.4. The topological polar surface area (TPSA) is 73.3 Å². The summed E-state index contributed by atoms with van der Waals surface area (Å²) in [5, 5.41) is 10.7. The van der Waals surface area contributed by atoms with E-state index in [0.717, 1.165) is 48.6 Å².